The maximum absolute atomic E-state index is 12.0. The molecule has 1 amide bonds. The van der Waals surface area contributed by atoms with Gasteiger partial charge in [-0.05, 0) is 24.3 Å². The van der Waals surface area contributed by atoms with Gasteiger partial charge in [-0.3, -0.25) is 4.79 Å². The zero-order chi connectivity index (χ0) is 15.2. The molecule has 0 fully saturated rings. The molecule has 0 aliphatic heterocycles. The molecular formula is C13H21N3O3S. The quantitative estimate of drug-likeness (QED) is 0.633. The summed E-state index contributed by atoms with van der Waals surface area (Å²) in [5, 5.41) is 5.60. The third-order valence-electron chi connectivity index (χ3n) is 2.62. The van der Waals surface area contributed by atoms with Gasteiger partial charge in [-0.1, -0.05) is 13.8 Å². The number of sulfonamides is 1. The summed E-state index contributed by atoms with van der Waals surface area (Å²) in [5.41, 5.74) is 0.424. The van der Waals surface area contributed by atoms with Gasteiger partial charge < -0.3 is 10.6 Å². The van der Waals surface area contributed by atoms with Gasteiger partial charge in [0, 0.05) is 31.7 Å². The highest BCUT2D eigenvalue weighted by Crippen LogP contribution is 2.10. The first-order chi connectivity index (χ1) is 9.36. The largest absolute Gasteiger partial charge is 0.355 e. The lowest BCUT2D eigenvalue weighted by molar-refractivity contribution is 0.0963. The number of hydrogen-bond donors (Lipinski definition) is 3. The monoisotopic (exact) mass is 299 g/mol. The van der Waals surface area contributed by atoms with Gasteiger partial charge in [0.2, 0.25) is 10.0 Å². The number of carbonyl (C=O) groups is 1. The number of carbonyl (C=O) groups excluding carboxylic acids is 1. The van der Waals surface area contributed by atoms with E-state index in [2.05, 4.69) is 15.4 Å². The first-order valence-electron chi connectivity index (χ1n) is 6.42. The van der Waals surface area contributed by atoms with E-state index in [-0.39, 0.29) is 10.8 Å². The lowest BCUT2D eigenvalue weighted by Gasteiger charge is -2.10. The molecule has 0 aliphatic carbocycles. The van der Waals surface area contributed by atoms with Gasteiger partial charge in [-0.2, -0.15) is 0 Å². The maximum atomic E-state index is 12.0. The van der Waals surface area contributed by atoms with Crippen LogP contribution in [0.15, 0.2) is 29.2 Å². The van der Waals surface area contributed by atoms with Crippen molar-refractivity contribution in [3.8, 4) is 0 Å². The predicted octanol–water partition coefficient (Wildman–Crippen LogP) is 0.323. The second-order valence-corrected chi connectivity index (χ2v) is 6.38. The molecule has 112 valence electrons. The summed E-state index contributed by atoms with van der Waals surface area (Å²) >= 11 is 0. The van der Waals surface area contributed by atoms with E-state index in [1.54, 1.807) is 0 Å². The van der Waals surface area contributed by atoms with Crippen LogP contribution in [-0.2, 0) is 10.0 Å². The van der Waals surface area contributed by atoms with Crippen LogP contribution < -0.4 is 15.4 Å². The fraction of sp³-hybridized carbons (Fsp3) is 0.462. The molecule has 0 bridgehead atoms. The van der Waals surface area contributed by atoms with Crippen molar-refractivity contribution in [3.05, 3.63) is 29.8 Å². The van der Waals surface area contributed by atoms with Crippen LogP contribution in [0.3, 0.4) is 0 Å². The van der Waals surface area contributed by atoms with Crippen LogP contribution in [0.5, 0.6) is 0 Å². The highest BCUT2D eigenvalue weighted by molar-refractivity contribution is 7.89. The Labute approximate surface area is 120 Å². The van der Waals surface area contributed by atoms with Crippen molar-refractivity contribution < 1.29 is 13.2 Å². The lowest BCUT2D eigenvalue weighted by Crippen LogP contribution is -2.34. The smallest absolute Gasteiger partial charge is 0.251 e. The Hall–Kier alpha value is -1.44. The topological polar surface area (TPSA) is 87.3 Å². The van der Waals surface area contributed by atoms with Crippen LogP contribution in [0.4, 0.5) is 0 Å². The van der Waals surface area contributed by atoms with Gasteiger partial charge in [0.05, 0.1) is 4.90 Å². The molecule has 0 aromatic heterocycles. The minimum atomic E-state index is -3.53. The van der Waals surface area contributed by atoms with E-state index in [0.717, 1.165) is 0 Å². The van der Waals surface area contributed by atoms with Crippen LogP contribution in [0, 0.1) is 0 Å². The van der Waals surface area contributed by atoms with Crippen molar-refractivity contribution in [2.24, 2.45) is 0 Å². The average Bonchev–Trinajstić information content (AvgIpc) is 2.43. The third kappa shape index (κ3) is 4.92. The number of nitrogens with one attached hydrogen (secondary N) is 3. The fourth-order valence-corrected chi connectivity index (χ4v) is 2.59. The predicted molar refractivity (Wildman–Crippen MR) is 78.2 cm³/mol. The third-order valence-corrected chi connectivity index (χ3v) is 4.10. The van der Waals surface area contributed by atoms with Crippen molar-refractivity contribution in [1.29, 1.82) is 0 Å². The zero-order valence-electron chi connectivity index (χ0n) is 11.9. The summed E-state index contributed by atoms with van der Waals surface area (Å²) in [6.45, 7) is 4.86. The molecule has 1 rings (SSSR count). The van der Waals surface area contributed by atoms with Gasteiger partial charge in [0.25, 0.3) is 5.91 Å². The molecule has 20 heavy (non-hydrogen) atoms. The van der Waals surface area contributed by atoms with Gasteiger partial charge in [-0.15, -0.1) is 0 Å². The Morgan fingerprint density at radius 1 is 1.15 bits per heavy atom. The maximum Gasteiger partial charge on any atom is 0.251 e. The Kier molecular flexibility index (Phi) is 6.12. The van der Waals surface area contributed by atoms with Crippen LogP contribution >= 0.6 is 0 Å². The zero-order valence-corrected chi connectivity index (χ0v) is 12.8. The summed E-state index contributed by atoms with van der Waals surface area (Å²) in [6, 6.07) is 6.12. The van der Waals surface area contributed by atoms with E-state index in [1.165, 1.54) is 31.3 Å². The summed E-state index contributed by atoms with van der Waals surface area (Å²) in [5.74, 6) is -0.247. The summed E-state index contributed by atoms with van der Waals surface area (Å²) in [7, 11) is -2.01. The van der Waals surface area contributed by atoms with E-state index in [0.29, 0.717) is 24.7 Å². The minimum Gasteiger partial charge on any atom is -0.355 e. The molecule has 0 atom stereocenters. The van der Waals surface area contributed by atoms with Crippen LogP contribution in [0.1, 0.15) is 24.2 Å². The fourth-order valence-electron chi connectivity index (χ4n) is 1.56. The van der Waals surface area contributed by atoms with Crippen molar-refractivity contribution in [1.82, 2.24) is 15.4 Å². The van der Waals surface area contributed by atoms with Crippen molar-refractivity contribution in [2.45, 2.75) is 24.8 Å². The number of benzene rings is 1. The molecule has 0 aliphatic rings. The van der Waals surface area contributed by atoms with Crippen LogP contribution in [0.2, 0.25) is 0 Å². The van der Waals surface area contributed by atoms with Gasteiger partial charge in [-0.25, -0.2) is 13.1 Å². The molecule has 1 aromatic rings. The summed E-state index contributed by atoms with van der Waals surface area (Å²) in [4.78, 5) is 11.5. The highest BCUT2D eigenvalue weighted by Gasteiger charge is 2.14. The first kappa shape index (κ1) is 16.6. The molecule has 7 heteroatoms. The Morgan fingerprint density at radius 3 is 2.25 bits per heavy atom. The molecule has 0 unspecified atom stereocenters. The molecule has 0 saturated carbocycles. The van der Waals surface area contributed by atoms with Gasteiger partial charge >= 0.3 is 0 Å². The van der Waals surface area contributed by atoms with E-state index in [1.807, 2.05) is 13.8 Å². The molecule has 0 heterocycles. The second-order valence-electron chi connectivity index (χ2n) is 4.61. The Balaban J connectivity index is 2.66. The van der Waals surface area contributed by atoms with Crippen molar-refractivity contribution >= 4 is 15.9 Å². The standard InChI is InChI=1S/C13H21N3O3S/c1-10(2)15-8-9-16-20(18,19)12-6-4-11(5-7-12)13(17)14-3/h4-7,10,15-16H,8-9H2,1-3H3,(H,14,17). The highest BCUT2D eigenvalue weighted by atomic mass is 32.2. The van der Waals surface area contributed by atoms with E-state index in [4.69, 9.17) is 0 Å². The molecule has 0 spiro atoms. The molecule has 1 aromatic carbocycles. The second kappa shape index (κ2) is 7.37. The SMILES string of the molecule is CNC(=O)c1ccc(S(=O)(=O)NCCNC(C)C)cc1. The molecular weight excluding hydrogens is 278 g/mol. The summed E-state index contributed by atoms with van der Waals surface area (Å²) in [6.07, 6.45) is 0. The van der Waals surface area contributed by atoms with E-state index >= 15 is 0 Å². The Morgan fingerprint density at radius 2 is 1.75 bits per heavy atom. The Bertz CT molecular complexity index is 538. The minimum absolute atomic E-state index is 0.148. The van der Waals surface area contributed by atoms with Crippen molar-refractivity contribution in [3.63, 3.8) is 0 Å². The number of rotatable bonds is 7. The van der Waals surface area contributed by atoms with E-state index in [9.17, 15) is 13.2 Å². The van der Waals surface area contributed by atoms with Crippen molar-refractivity contribution in [2.75, 3.05) is 20.1 Å². The average molecular weight is 299 g/mol. The molecule has 3 N–H and O–H groups in total. The number of amides is 1. The van der Waals surface area contributed by atoms with Gasteiger partial charge in [0.15, 0.2) is 0 Å². The molecule has 0 radical (unpaired) electrons. The molecule has 6 nitrogen and oxygen atoms in total. The van der Waals surface area contributed by atoms with Gasteiger partial charge in [0.1, 0.15) is 0 Å². The number of hydrogen-bond acceptors (Lipinski definition) is 4. The lowest BCUT2D eigenvalue weighted by atomic mass is 10.2. The summed E-state index contributed by atoms with van der Waals surface area (Å²) < 4.78 is 26.5. The first-order valence-corrected chi connectivity index (χ1v) is 7.90. The van der Waals surface area contributed by atoms with E-state index < -0.39 is 10.0 Å². The normalized spacial score (nSPS) is 11.6. The van der Waals surface area contributed by atoms with Crippen LogP contribution in [0.25, 0.3) is 0 Å². The van der Waals surface area contributed by atoms with Crippen LogP contribution in [-0.4, -0.2) is 40.5 Å². The molecule has 0 saturated heterocycles.